The van der Waals surface area contributed by atoms with Gasteiger partial charge in [-0.3, -0.25) is 0 Å². The Kier molecular flexibility index (Phi) is 4.58. The molecule has 0 amide bonds. The van der Waals surface area contributed by atoms with Crippen LogP contribution in [-0.2, 0) is 0 Å². The van der Waals surface area contributed by atoms with E-state index in [0.717, 1.165) is 48.8 Å². The molecule has 0 bridgehead atoms. The van der Waals surface area contributed by atoms with Crippen molar-refractivity contribution < 1.29 is 5.11 Å². The van der Waals surface area contributed by atoms with Gasteiger partial charge in [-0.05, 0) is 39.0 Å². The molecule has 2 rings (SSSR count). The molecule has 5 nitrogen and oxygen atoms in total. The number of hydrogen-bond donors (Lipinski definition) is 3. The Labute approximate surface area is 114 Å². The fourth-order valence-corrected chi connectivity index (χ4v) is 2.06. The van der Waals surface area contributed by atoms with E-state index in [0.29, 0.717) is 12.5 Å². The average Bonchev–Trinajstić information content (AvgIpc) is 3.21. The molecule has 1 fully saturated rings. The number of nitrogens with one attached hydrogen (secondary N) is 2. The molecule has 1 unspecified atom stereocenters. The molecule has 0 spiro atoms. The number of aliphatic hydroxyl groups is 1. The number of rotatable bonds is 7. The molecule has 1 atom stereocenters. The minimum atomic E-state index is -0.262. The van der Waals surface area contributed by atoms with Gasteiger partial charge in [0.2, 0.25) is 0 Å². The summed E-state index contributed by atoms with van der Waals surface area (Å²) in [4.78, 5) is 8.84. The lowest BCUT2D eigenvalue weighted by Crippen LogP contribution is -2.22. The fraction of sp³-hybridized carbons (Fsp3) is 0.714. The van der Waals surface area contributed by atoms with Crippen molar-refractivity contribution in [1.29, 1.82) is 0 Å². The second kappa shape index (κ2) is 6.19. The monoisotopic (exact) mass is 264 g/mol. The van der Waals surface area contributed by atoms with Crippen molar-refractivity contribution in [2.24, 2.45) is 5.92 Å². The summed E-state index contributed by atoms with van der Waals surface area (Å²) in [5, 5.41) is 16.5. The van der Waals surface area contributed by atoms with E-state index in [1.54, 1.807) is 0 Å². The van der Waals surface area contributed by atoms with Gasteiger partial charge >= 0.3 is 0 Å². The highest BCUT2D eigenvalue weighted by molar-refractivity contribution is 5.57. The maximum absolute atomic E-state index is 9.90. The van der Waals surface area contributed by atoms with E-state index < -0.39 is 0 Å². The van der Waals surface area contributed by atoms with Gasteiger partial charge in [0.1, 0.15) is 17.5 Å². The first-order chi connectivity index (χ1) is 9.11. The van der Waals surface area contributed by atoms with E-state index in [-0.39, 0.29) is 6.10 Å². The maximum Gasteiger partial charge on any atom is 0.134 e. The molecule has 3 N–H and O–H groups in total. The second-order valence-electron chi connectivity index (χ2n) is 5.31. The SMILES string of the molecule is CCCNc1nc(C)nc(NCC(O)C2CC2)c1C. The van der Waals surface area contributed by atoms with Crippen LogP contribution in [0.3, 0.4) is 0 Å². The van der Waals surface area contributed by atoms with Crippen LogP contribution in [0.25, 0.3) is 0 Å². The highest BCUT2D eigenvalue weighted by Gasteiger charge is 2.29. The number of nitrogens with zero attached hydrogens (tertiary/aromatic N) is 2. The zero-order valence-electron chi connectivity index (χ0n) is 12.0. The molecule has 1 aromatic rings. The van der Waals surface area contributed by atoms with Crippen LogP contribution in [0.4, 0.5) is 11.6 Å². The quantitative estimate of drug-likeness (QED) is 0.703. The third-order valence-electron chi connectivity index (χ3n) is 3.44. The molecule has 1 saturated carbocycles. The molecule has 19 heavy (non-hydrogen) atoms. The Morgan fingerprint density at radius 3 is 2.42 bits per heavy atom. The minimum absolute atomic E-state index is 0.262. The maximum atomic E-state index is 9.90. The highest BCUT2D eigenvalue weighted by Crippen LogP contribution is 2.32. The third kappa shape index (κ3) is 3.80. The van der Waals surface area contributed by atoms with Gasteiger partial charge in [-0.25, -0.2) is 9.97 Å². The van der Waals surface area contributed by atoms with Gasteiger partial charge in [0.25, 0.3) is 0 Å². The summed E-state index contributed by atoms with van der Waals surface area (Å²) < 4.78 is 0. The molecule has 0 aromatic carbocycles. The minimum Gasteiger partial charge on any atom is -0.391 e. The standard InChI is InChI=1S/C14H24N4O/c1-4-7-15-13-9(2)14(18-10(3)17-13)16-8-12(19)11-5-6-11/h11-12,19H,4-8H2,1-3H3,(H2,15,16,17,18). The van der Waals surface area contributed by atoms with Gasteiger partial charge < -0.3 is 15.7 Å². The molecule has 1 aliphatic carbocycles. The Bertz CT molecular complexity index is 432. The lowest BCUT2D eigenvalue weighted by Gasteiger charge is -2.16. The van der Waals surface area contributed by atoms with Crippen molar-refractivity contribution >= 4 is 11.6 Å². The molecular formula is C14H24N4O. The van der Waals surface area contributed by atoms with E-state index in [1.807, 2.05) is 13.8 Å². The van der Waals surface area contributed by atoms with E-state index in [2.05, 4.69) is 27.5 Å². The lowest BCUT2D eigenvalue weighted by molar-refractivity contribution is 0.164. The van der Waals surface area contributed by atoms with Gasteiger partial charge in [0.15, 0.2) is 0 Å². The van der Waals surface area contributed by atoms with Gasteiger partial charge in [-0.2, -0.15) is 0 Å². The van der Waals surface area contributed by atoms with Gasteiger partial charge in [-0.15, -0.1) is 0 Å². The molecule has 1 heterocycles. The van der Waals surface area contributed by atoms with E-state index in [4.69, 9.17) is 0 Å². The van der Waals surface area contributed by atoms with Crippen LogP contribution in [-0.4, -0.2) is 34.3 Å². The predicted octanol–water partition coefficient (Wildman–Crippen LogP) is 2.10. The lowest BCUT2D eigenvalue weighted by atomic mass is 10.2. The number of aryl methyl sites for hydroxylation is 1. The van der Waals surface area contributed by atoms with Crippen molar-refractivity contribution in [3.63, 3.8) is 0 Å². The molecule has 0 aliphatic heterocycles. The van der Waals surface area contributed by atoms with Crippen LogP contribution in [0, 0.1) is 19.8 Å². The molecule has 0 saturated heterocycles. The van der Waals surface area contributed by atoms with E-state index in [9.17, 15) is 5.11 Å². The molecule has 1 aromatic heterocycles. The molecule has 5 heteroatoms. The van der Waals surface area contributed by atoms with Crippen LogP contribution in [0.15, 0.2) is 0 Å². The van der Waals surface area contributed by atoms with Crippen molar-refractivity contribution in [3.05, 3.63) is 11.4 Å². The molecule has 106 valence electrons. The van der Waals surface area contributed by atoms with E-state index in [1.165, 1.54) is 0 Å². The average molecular weight is 264 g/mol. The van der Waals surface area contributed by atoms with Gasteiger partial charge in [-0.1, -0.05) is 6.92 Å². The normalized spacial score (nSPS) is 16.2. The predicted molar refractivity (Wildman–Crippen MR) is 77.5 cm³/mol. The number of hydrogen-bond acceptors (Lipinski definition) is 5. The first-order valence-corrected chi connectivity index (χ1v) is 7.12. The smallest absolute Gasteiger partial charge is 0.134 e. The summed E-state index contributed by atoms with van der Waals surface area (Å²) in [6.07, 6.45) is 3.09. The van der Waals surface area contributed by atoms with Crippen molar-refractivity contribution in [2.45, 2.75) is 46.1 Å². The Morgan fingerprint density at radius 2 is 1.84 bits per heavy atom. The third-order valence-corrected chi connectivity index (χ3v) is 3.44. The number of aliphatic hydroxyl groups excluding tert-OH is 1. The van der Waals surface area contributed by atoms with Gasteiger partial charge in [0, 0.05) is 18.7 Å². The van der Waals surface area contributed by atoms with Crippen LogP contribution in [0.5, 0.6) is 0 Å². The summed E-state index contributed by atoms with van der Waals surface area (Å²) in [6.45, 7) is 7.49. The summed E-state index contributed by atoms with van der Waals surface area (Å²) in [5.41, 5.74) is 1.02. The Hall–Kier alpha value is -1.36. The zero-order chi connectivity index (χ0) is 13.8. The summed E-state index contributed by atoms with van der Waals surface area (Å²) in [6, 6.07) is 0. The van der Waals surface area contributed by atoms with Crippen LogP contribution in [0.1, 0.15) is 37.6 Å². The highest BCUT2D eigenvalue weighted by atomic mass is 16.3. The molecule has 0 radical (unpaired) electrons. The van der Waals surface area contributed by atoms with Crippen LogP contribution >= 0.6 is 0 Å². The summed E-state index contributed by atoms with van der Waals surface area (Å²) in [7, 11) is 0. The summed E-state index contributed by atoms with van der Waals surface area (Å²) in [5.74, 6) is 2.93. The Balaban J connectivity index is 2.03. The zero-order valence-corrected chi connectivity index (χ0v) is 12.0. The van der Waals surface area contributed by atoms with Crippen molar-refractivity contribution in [2.75, 3.05) is 23.7 Å². The van der Waals surface area contributed by atoms with Crippen molar-refractivity contribution in [3.8, 4) is 0 Å². The fourth-order valence-electron chi connectivity index (χ4n) is 2.06. The van der Waals surface area contributed by atoms with Crippen LogP contribution in [0.2, 0.25) is 0 Å². The van der Waals surface area contributed by atoms with Crippen LogP contribution < -0.4 is 10.6 Å². The van der Waals surface area contributed by atoms with E-state index >= 15 is 0 Å². The first-order valence-electron chi connectivity index (χ1n) is 7.12. The molecule has 1 aliphatic rings. The second-order valence-corrected chi connectivity index (χ2v) is 5.31. The largest absolute Gasteiger partial charge is 0.391 e. The Morgan fingerprint density at radius 1 is 1.21 bits per heavy atom. The number of anilines is 2. The van der Waals surface area contributed by atoms with Gasteiger partial charge in [0.05, 0.1) is 6.10 Å². The van der Waals surface area contributed by atoms with Crippen molar-refractivity contribution in [1.82, 2.24) is 9.97 Å². The first kappa shape index (κ1) is 14.1. The summed E-state index contributed by atoms with van der Waals surface area (Å²) >= 11 is 0. The molecular weight excluding hydrogens is 240 g/mol. The number of aromatic nitrogens is 2. The topological polar surface area (TPSA) is 70.1 Å².